The van der Waals surface area contributed by atoms with Crippen molar-refractivity contribution in [2.75, 3.05) is 26.2 Å². The van der Waals surface area contributed by atoms with Gasteiger partial charge in [0, 0.05) is 5.56 Å². The molecular weight excluding hydrogens is 315 g/mol. The van der Waals surface area contributed by atoms with Crippen LogP contribution in [0.4, 0.5) is 4.39 Å². The molecule has 1 heterocycles. The molecule has 1 saturated heterocycles. The van der Waals surface area contributed by atoms with Crippen LogP contribution in [-0.2, 0) is 16.6 Å². The lowest BCUT2D eigenvalue weighted by Gasteiger charge is -2.31. The molecule has 0 atom stereocenters. The van der Waals surface area contributed by atoms with E-state index in [1.54, 1.807) is 0 Å². The van der Waals surface area contributed by atoms with Gasteiger partial charge in [-0.1, -0.05) is 30.3 Å². The van der Waals surface area contributed by atoms with Crippen LogP contribution in [0.3, 0.4) is 0 Å². The lowest BCUT2D eigenvalue weighted by molar-refractivity contribution is -0.917. The van der Waals surface area contributed by atoms with Gasteiger partial charge in [0.15, 0.2) is 0 Å². The van der Waals surface area contributed by atoms with Crippen LogP contribution in [0.1, 0.15) is 5.56 Å². The van der Waals surface area contributed by atoms with Gasteiger partial charge in [0.25, 0.3) is 0 Å². The molecule has 0 amide bonds. The van der Waals surface area contributed by atoms with Gasteiger partial charge in [-0.3, -0.25) is 0 Å². The molecule has 2 aromatic carbocycles. The van der Waals surface area contributed by atoms with Gasteiger partial charge in [0.05, 0.1) is 31.1 Å². The zero-order valence-electron chi connectivity index (χ0n) is 12.8. The van der Waals surface area contributed by atoms with Crippen molar-refractivity contribution >= 4 is 10.0 Å². The first-order valence-corrected chi connectivity index (χ1v) is 9.13. The highest BCUT2D eigenvalue weighted by atomic mass is 32.2. The SMILES string of the molecule is O=S(=O)(c1ccc(F)cc1)N1CC[NH+](Cc2ccccc2)CC1. The maximum Gasteiger partial charge on any atom is 0.243 e. The summed E-state index contributed by atoms with van der Waals surface area (Å²) in [6.45, 7) is 3.43. The molecule has 4 nitrogen and oxygen atoms in total. The maximum absolute atomic E-state index is 13.0. The number of rotatable bonds is 4. The molecule has 0 spiro atoms. The predicted molar refractivity (Wildman–Crippen MR) is 86.0 cm³/mol. The summed E-state index contributed by atoms with van der Waals surface area (Å²) in [5, 5.41) is 0. The van der Waals surface area contributed by atoms with Crippen molar-refractivity contribution in [2.45, 2.75) is 11.4 Å². The van der Waals surface area contributed by atoms with E-state index in [0.29, 0.717) is 13.1 Å². The Morgan fingerprint density at radius 2 is 1.57 bits per heavy atom. The van der Waals surface area contributed by atoms with Crippen LogP contribution in [0.2, 0.25) is 0 Å². The summed E-state index contributed by atoms with van der Waals surface area (Å²) in [5.41, 5.74) is 1.26. The second-order valence-electron chi connectivity index (χ2n) is 5.77. The van der Waals surface area contributed by atoms with Crippen molar-refractivity contribution in [3.8, 4) is 0 Å². The highest BCUT2D eigenvalue weighted by molar-refractivity contribution is 7.89. The number of hydrogen-bond donors (Lipinski definition) is 1. The second kappa shape index (κ2) is 6.78. The molecule has 0 saturated carbocycles. The summed E-state index contributed by atoms with van der Waals surface area (Å²) in [6.07, 6.45) is 0. The first-order valence-electron chi connectivity index (χ1n) is 7.69. The molecule has 0 aliphatic carbocycles. The third kappa shape index (κ3) is 3.77. The Balaban J connectivity index is 1.63. The minimum atomic E-state index is -3.52. The van der Waals surface area contributed by atoms with Crippen LogP contribution >= 0.6 is 0 Å². The van der Waals surface area contributed by atoms with Crippen LogP contribution in [0.25, 0.3) is 0 Å². The van der Waals surface area contributed by atoms with E-state index < -0.39 is 15.8 Å². The van der Waals surface area contributed by atoms with Gasteiger partial charge < -0.3 is 4.90 Å². The Morgan fingerprint density at radius 3 is 2.17 bits per heavy atom. The lowest BCUT2D eigenvalue weighted by atomic mass is 10.2. The van der Waals surface area contributed by atoms with Gasteiger partial charge in [0.2, 0.25) is 10.0 Å². The summed E-state index contributed by atoms with van der Waals surface area (Å²) in [7, 11) is -3.52. The van der Waals surface area contributed by atoms with Crippen molar-refractivity contribution in [3.05, 3.63) is 66.0 Å². The van der Waals surface area contributed by atoms with E-state index in [2.05, 4.69) is 12.1 Å². The topological polar surface area (TPSA) is 41.8 Å². The van der Waals surface area contributed by atoms with E-state index in [9.17, 15) is 12.8 Å². The average molecular weight is 335 g/mol. The summed E-state index contributed by atoms with van der Waals surface area (Å²) >= 11 is 0. The lowest BCUT2D eigenvalue weighted by Crippen LogP contribution is -3.13. The smallest absolute Gasteiger partial charge is 0.243 e. The standard InChI is InChI=1S/C17H19FN2O2S/c18-16-6-8-17(9-7-16)23(21,22)20-12-10-19(11-13-20)14-15-4-2-1-3-5-15/h1-9H,10-14H2/p+1. The zero-order valence-corrected chi connectivity index (χ0v) is 13.6. The number of nitrogens with zero attached hydrogens (tertiary/aromatic N) is 1. The van der Waals surface area contributed by atoms with Crippen LogP contribution in [0.15, 0.2) is 59.5 Å². The molecule has 0 bridgehead atoms. The van der Waals surface area contributed by atoms with Crippen molar-refractivity contribution in [2.24, 2.45) is 0 Å². The Bertz CT molecular complexity index is 740. The number of piperazine rings is 1. The van der Waals surface area contributed by atoms with Gasteiger partial charge in [0.1, 0.15) is 12.4 Å². The minimum absolute atomic E-state index is 0.158. The zero-order chi connectivity index (χ0) is 16.3. The Hall–Kier alpha value is -1.76. The van der Waals surface area contributed by atoms with Gasteiger partial charge in [-0.15, -0.1) is 0 Å². The molecule has 122 valence electrons. The Kier molecular flexibility index (Phi) is 4.75. The number of halogens is 1. The van der Waals surface area contributed by atoms with Gasteiger partial charge in [-0.2, -0.15) is 4.31 Å². The van der Waals surface area contributed by atoms with Gasteiger partial charge in [-0.05, 0) is 24.3 Å². The van der Waals surface area contributed by atoms with E-state index in [1.165, 1.54) is 39.0 Å². The van der Waals surface area contributed by atoms with Crippen LogP contribution in [0.5, 0.6) is 0 Å². The summed E-state index contributed by atoms with van der Waals surface area (Å²) in [5.74, 6) is -0.430. The molecular formula is C17H20FN2O2S+. The van der Waals surface area contributed by atoms with Gasteiger partial charge in [-0.25, -0.2) is 12.8 Å². The fourth-order valence-electron chi connectivity index (χ4n) is 2.86. The number of quaternary nitrogens is 1. The number of hydrogen-bond acceptors (Lipinski definition) is 2. The molecule has 1 aliphatic rings. The van der Waals surface area contributed by atoms with E-state index in [-0.39, 0.29) is 4.90 Å². The van der Waals surface area contributed by atoms with Crippen molar-refractivity contribution < 1.29 is 17.7 Å². The minimum Gasteiger partial charge on any atom is -0.329 e. The number of benzene rings is 2. The first kappa shape index (κ1) is 16.1. The third-order valence-electron chi connectivity index (χ3n) is 4.18. The maximum atomic E-state index is 13.0. The summed E-state index contributed by atoms with van der Waals surface area (Å²) in [6, 6.07) is 15.2. The molecule has 1 fully saturated rings. The quantitative estimate of drug-likeness (QED) is 0.903. The number of sulfonamides is 1. The fourth-order valence-corrected chi connectivity index (χ4v) is 4.30. The largest absolute Gasteiger partial charge is 0.329 e. The number of nitrogens with one attached hydrogen (secondary N) is 1. The highest BCUT2D eigenvalue weighted by Crippen LogP contribution is 2.16. The van der Waals surface area contributed by atoms with E-state index in [1.807, 2.05) is 18.2 Å². The van der Waals surface area contributed by atoms with Crippen LogP contribution < -0.4 is 4.90 Å². The molecule has 0 radical (unpaired) electrons. The summed E-state index contributed by atoms with van der Waals surface area (Å²) < 4.78 is 39.6. The van der Waals surface area contributed by atoms with E-state index in [0.717, 1.165) is 19.6 Å². The van der Waals surface area contributed by atoms with Crippen molar-refractivity contribution in [3.63, 3.8) is 0 Å². The Labute approximate surface area is 136 Å². The molecule has 0 aromatic heterocycles. The van der Waals surface area contributed by atoms with Crippen molar-refractivity contribution in [1.29, 1.82) is 0 Å². The molecule has 1 N–H and O–H groups in total. The van der Waals surface area contributed by atoms with E-state index in [4.69, 9.17) is 0 Å². The van der Waals surface area contributed by atoms with Crippen LogP contribution in [0, 0.1) is 5.82 Å². The Morgan fingerprint density at radius 1 is 0.957 bits per heavy atom. The highest BCUT2D eigenvalue weighted by Gasteiger charge is 2.30. The predicted octanol–water partition coefficient (Wildman–Crippen LogP) is 0.915. The van der Waals surface area contributed by atoms with Crippen LogP contribution in [-0.4, -0.2) is 38.9 Å². The molecule has 0 unspecified atom stereocenters. The molecule has 1 aliphatic heterocycles. The molecule has 3 rings (SSSR count). The molecule has 6 heteroatoms. The monoisotopic (exact) mass is 335 g/mol. The fraction of sp³-hybridized carbons (Fsp3) is 0.294. The second-order valence-corrected chi connectivity index (χ2v) is 7.71. The van der Waals surface area contributed by atoms with Crippen molar-refractivity contribution in [1.82, 2.24) is 4.31 Å². The average Bonchev–Trinajstić information content (AvgIpc) is 2.57. The first-order chi connectivity index (χ1) is 11.1. The molecule has 2 aromatic rings. The molecule has 23 heavy (non-hydrogen) atoms. The van der Waals surface area contributed by atoms with Gasteiger partial charge >= 0.3 is 0 Å². The summed E-state index contributed by atoms with van der Waals surface area (Å²) in [4.78, 5) is 1.53. The third-order valence-corrected chi connectivity index (χ3v) is 6.09. The van der Waals surface area contributed by atoms with E-state index >= 15 is 0 Å². The normalized spacial score (nSPS) is 17.3.